The molecule has 0 unspecified atom stereocenters. The van der Waals surface area contributed by atoms with E-state index in [0.717, 1.165) is 33.4 Å². The molecular weight excluding hydrogens is 318 g/mol. The van der Waals surface area contributed by atoms with Crippen molar-refractivity contribution in [2.45, 2.75) is 15.7 Å². The Labute approximate surface area is 129 Å². The predicted octanol–water partition coefficient (Wildman–Crippen LogP) is 3.92. The Kier molecular flexibility index (Phi) is 4.14. The van der Waals surface area contributed by atoms with E-state index in [4.69, 9.17) is 21.1 Å². The smallest absolute Gasteiger partial charge is 0.163 e. The highest BCUT2D eigenvalue weighted by Gasteiger charge is 2.13. The van der Waals surface area contributed by atoms with Gasteiger partial charge in [-0.1, -0.05) is 23.4 Å². The zero-order valence-electron chi connectivity index (χ0n) is 10.3. The van der Waals surface area contributed by atoms with Crippen molar-refractivity contribution < 1.29 is 14.3 Å². The molecule has 1 aliphatic rings. The van der Waals surface area contributed by atoms with E-state index in [1.165, 1.54) is 23.1 Å². The third-order valence-corrected chi connectivity index (χ3v) is 5.05. The summed E-state index contributed by atoms with van der Waals surface area (Å²) in [6.45, 7) is 1.32. The maximum atomic E-state index is 10.8. The van der Waals surface area contributed by atoms with Gasteiger partial charge in [0.15, 0.2) is 27.3 Å². The number of aromatic nitrogens is 1. The molecule has 3 rings (SSSR count). The SMILES string of the molecule is O=Cc1sc(Sc2ccc3c(c2)OCCCO3)nc1Cl. The van der Waals surface area contributed by atoms with Crippen LogP contribution in [0.15, 0.2) is 27.4 Å². The van der Waals surface area contributed by atoms with Crippen LogP contribution in [-0.4, -0.2) is 24.5 Å². The number of ether oxygens (including phenoxy) is 2. The van der Waals surface area contributed by atoms with Gasteiger partial charge in [-0.3, -0.25) is 4.79 Å². The van der Waals surface area contributed by atoms with Gasteiger partial charge in [0.1, 0.15) is 4.88 Å². The van der Waals surface area contributed by atoms with Crippen LogP contribution in [0, 0.1) is 0 Å². The maximum Gasteiger partial charge on any atom is 0.163 e. The van der Waals surface area contributed by atoms with Crippen LogP contribution in [0.4, 0.5) is 0 Å². The molecule has 1 aliphatic heterocycles. The molecule has 0 N–H and O–H groups in total. The van der Waals surface area contributed by atoms with E-state index >= 15 is 0 Å². The second-order valence-electron chi connectivity index (χ2n) is 4.01. The van der Waals surface area contributed by atoms with Crippen molar-refractivity contribution in [3.05, 3.63) is 28.2 Å². The van der Waals surface area contributed by atoms with Crippen LogP contribution in [0.2, 0.25) is 5.15 Å². The van der Waals surface area contributed by atoms with Crippen molar-refractivity contribution in [2.75, 3.05) is 13.2 Å². The average molecular weight is 328 g/mol. The van der Waals surface area contributed by atoms with Crippen LogP contribution < -0.4 is 9.47 Å². The Morgan fingerprint density at radius 1 is 1.30 bits per heavy atom. The molecule has 2 heterocycles. The number of halogens is 1. The zero-order valence-corrected chi connectivity index (χ0v) is 12.7. The minimum Gasteiger partial charge on any atom is -0.490 e. The lowest BCUT2D eigenvalue weighted by Crippen LogP contribution is -1.97. The molecule has 0 atom stereocenters. The normalized spacial score (nSPS) is 13.8. The molecule has 104 valence electrons. The first-order valence-corrected chi connectivity index (χ1v) is 7.96. The molecule has 4 nitrogen and oxygen atoms in total. The van der Waals surface area contributed by atoms with Crippen molar-refractivity contribution in [2.24, 2.45) is 0 Å². The lowest BCUT2D eigenvalue weighted by atomic mass is 10.3. The molecule has 0 fully saturated rings. The molecule has 0 aliphatic carbocycles. The van der Waals surface area contributed by atoms with Crippen LogP contribution in [0.5, 0.6) is 11.5 Å². The van der Waals surface area contributed by atoms with Crippen molar-refractivity contribution in [1.29, 1.82) is 0 Å². The van der Waals surface area contributed by atoms with E-state index in [1.807, 2.05) is 18.2 Å². The van der Waals surface area contributed by atoms with Crippen LogP contribution in [0.3, 0.4) is 0 Å². The molecule has 0 saturated heterocycles. The Bertz CT molecular complexity index is 645. The van der Waals surface area contributed by atoms with E-state index in [9.17, 15) is 4.79 Å². The van der Waals surface area contributed by atoms with Gasteiger partial charge in [0.25, 0.3) is 0 Å². The van der Waals surface area contributed by atoms with E-state index < -0.39 is 0 Å². The van der Waals surface area contributed by atoms with Crippen molar-refractivity contribution in [3.63, 3.8) is 0 Å². The zero-order chi connectivity index (χ0) is 13.9. The first-order chi connectivity index (χ1) is 9.76. The quantitative estimate of drug-likeness (QED) is 0.800. The summed E-state index contributed by atoms with van der Waals surface area (Å²) in [4.78, 5) is 16.3. The Morgan fingerprint density at radius 3 is 2.85 bits per heavy atom. The molecule has 20 heavy (non-hydrogen) atoms. The average Bonchev–Trinajstić information content (AvgIpc) is 2.66. The topological polar surface area (TPSA) is 48.4 Å². The lowest BCUT2D eigenvalue weighted by molar-refractivity contribution is 0.112. The molecule has 0 saturated carbocycles. The summed E-state index contributed by atoms with van der Waals surface area (Å²) in [7, 11) is 0. The van der Waals surface area contributed by atoms with Gasteiger partial charge in [-0.15, -0.1) is 11.3 Å². The summed E-state index contributed by atoms with van der Waals surface area (Å²) >= 11 is 8.58. The largest absolute Gasteiger partial charge is 0.490 e. The highest BCUT2D eigenvalue weighted by Crippen LogP contribution is 2.38. The van der Waals surface area contributed by atoms with Gasteiger partial charge in [-0.05, 0) is 18.2 Å². The standard InChI is InChI=1S/C13H10ClNO3S2/c14-12-11(7-16)20-13(15-12)19-8-2-3-9-10(6-8)18-5-1-4-17-9/h2-3,6-7H,1,4-5H2. The van der Waals surface area contributed by atoms with Gasteiger partial charge in [-0.2, -0.15) is 0 Å². The third-order valence-electron chi connectivity index (χ3n) is 2.62. The first kappa shape index (κ1) is 13.7. The van der Waals surface area contributed by atoms with Gasteiger partial charge in [0.2, 0.25) is 0 Å². The molecule has 1 aromatic carbocycles. The van der Waals surface area contributed by atoms with Gasteiger partial charge < -0.3 is 9.47 Å². The molecule has 0 radical (unpaired) electrons. The number of benzene rings is 1. The number of fused-ring (bicyclic) bond motifs is 1. The highest BCUT2D eigenvalue weighted by atomic mass is 35.5. The van der Waals surface area contributed by atoms with E-state index in [0.29, 0.717) is 18.1 Å². The fraction of sp³-hybridized carbons (Fsp3) is 0.231. The number of hydrogen-bond acceptors (Lipinski definition) is 6. The van der Waals surface area contributed by atoms with Crippen molar-refractivity contribution in [3.8, 4) is 11.5 Å². The Hall–Kier alpha value is -1.24. The number of aldehydes is 1. The summed E-state index contributed by atoms with van der Waals surface area (Å²) < 4.78 is 11.9. The van der Waals surface area contributed by atoms with Gasteiger partial charge in [0.05, 0.1) is 13.2 Å². The Balaban J connectivity index is 1.83. The highest BCUT2D eigenvalue weighted by molar-refractivity contribution is 8.01. The van der Waals surface area contributed by atoms with E-state index in [1.54, 1.807) is 0 Å². The van der Waals surface area contributed by atoms with E-state index in [2.05, 4.69) is 4.98 Å². The minimum absolute atomic E-state index is 0.252. The summed E-state index contributed by atoms with van der Waals surface area (Å²) in [5.41, 5.74) is 0. The maximum absolute atomic E-state index is 10.8. The fourth-order valence-corrected chi connectivity index (χ4v) is 3.93. The second-order valence-corrected chi connectivity index (χ2v) is 6.72. The number of carbonyl (C=O) groups is 1. The first-order valence-electron chi connectivity index (χ1n) is 5.95. The van der Waals surface area contributed by atoms with Crippen LogP contribution in [0.1, 0.15) is 16.1 Å². The fourth-order valence-electron chi connectivity index (χ4n) is 1.72. The minimum atomic E-state index is 0.252. The molecule has 0 amide bonds. The van der Waals surface area contributed by atoms with Crippen molar-refractivity contribution in [1.82, 2.24) is 4.98 Å². The lowest BCUT2D eigenvalue weighted by Gasteiger charge is -2.08. The number of rotatable bonds is 3. The number of hydrogen-bond donors (Lipinski definition) is 0. The molecule has 0 bridgehead atoms. The van der Waals surface area contributed by atoms with Crippen LogP contribution in [0.25, 0.3) is 0 Å². The number of carbonyl (C=O) groups excluding carboxylic acids is 1. The molecular formula is C13H10ClNO3S2. The summed E-state index contributed by atoms with van der Waals surface area (Å²) in [6.07, 6.45) is 1.60. The van der Waals surface area contributed by atoms with E-state index in [-0.39, 0.29) is 5.15 Å². The monoisotopic (exact) mass is 327 g/mol. The summed E-state index contributed by atoms with van der Waals surface area (Å²) in [6, 6.07) is 5.74. The van der Waals surface area contributed by atoms with Gasteiger partial charge in [-0.25, -0.2) is 4.98 Å². The molecule has 0 spiro atoms. The molecule has 2 aromatic rings. The van der Waals surface area contributed by atoms with Crippen molar-refractivity contribution >= 4 is 41.0 Å². The number of nitrogens with zero attached hydrogens (tertiary/aromatic N) is 1. The Morgan fingerprint density at radius 2 is 2.10 bits per heavy atom. The van der Waals surface area contributed by atoms with Gasteiger partial charge >= 0.3 is 0 Å². The summed E-state index contributed by atoms with van der Waals surface area (Å²) in [5.74, 6) is 1.50. The van der Waals surface area contributed by atoms with Gasteiger partial charge in [0, 0.05) is 11.3 Å². The van der Waals surface area contributed by atoms with Crippen LogP contribution >= 0.6 is 34.7 Å². The second kappa shape index (κ2) is 6.03. The number of thiazole rings is 1. The summed E-state index contributed by atoms with van der Waals surface area (Å²) in [5, 5.41) is 0.252. The molecule has 1 aromatic heterocycles. The predicted molar refractivity (Wildman–Crippen MR) is 78.7 cm³/mol. The third kappa shape index (κ3) is 2.92. The van der Waals surface area contributed by atoms with Crippen LogP contribution in [-0.2, 0) is 0 Å². The molecule has 7 heteroatoms.